The molecule has 0 unspecified atom stereocenters. The Morgan fingerprint density at radius 2 is 1.94 bits per heavy atom. The summed E-state index contributed by atoms with van der Waals surface area (Å²) < 4.78 is 12.2. The highest BCUT2D eigenvalue weighted by Gasteiger charge is 2.16. The van der Waals surface area contributed by atoms with Crippen molar-refractivity contribution in [2.24, 2.45) is 5.10 Å². The molecule has 0 radical (unpaired) electrons. The zero-order chi connectivity index (χ0) is 22.2. The summed E-state index contributed by atoms with van der Waals surface area (Å²) in [7, 11) is 1.57. The van der Waals surface area contributed by atoms with Crippen molar-refractivity contribution in [1.82, 2.24) is 15.2 Å². The summed E-state index contributed by atoms with van der Waals surface area (Å²) in [6.45, 7) is 4.87. The van der Waals surface area contributed by atoms with E-state index in [4.69, 9.17) is 9.47 Å². The van der Waals surface area contributed by atoms with Crippen LogP contribution in [-0.4, -0.2) is 35.6 Å². The van der Waals surface area contributed by atoms with Gasteiger partial charge < -0.3 is 9.47 Å². The van der Waals surface area contributed by atoms with Crippen LogP contribution in [0.1, 0.15) is 42.7 Å². The number of nitrogens with zero attached hydrogens (tertiary/aromatic N) is 3. The first-order valence-electron chi connectivity index (χ1n) is 10.2. The SMILES string of the molecule is CCCCn1nc(C(=O)N/N=C/c2ccc(OC)c(OCC)c2)c2ccccc2c1=O. The molecule has 0 aliphatic carbocycles. The number of carbonyl (C=O) groups is 1. The summed E-state index contributed by atoms with van der Waals surface area (Å²) in [5.74, 6) is 0.722. The molecule has 2 aromatic carbocycles. The van der Waals surface area contributed by atoms with Gasteiger partial charge in [-0.1, -0.05) is 31.5 Å². The molecule has 3 rings (SSSR count). The minimum atomic E-state index is -0.490. The third-order valence-corrected chi connectivity index (χ3v) is 4.67. The second-order valence-corrected chi connectivity index (χ2v) is 6.82. The number of rotatable bonds is 9. The van der Waals surface area contributed by atoms with E-state index in [0.29, 0.717) is 35.4 Å². The largest absolute Gasteiger partial charge is 0.493 e. The summed E-state index contributed by atoms with van der Waals surface area (Å²) in [5.41, 5.74) is 3.19. The van der Waals surface area contributed by atoms with Gasteiger partial charge in [-0.3, -0.25) is 9.59 Å². The topological polar surface area (TPSA) is 94.8 Å². The van der Waals surface area contributed by atoms with Crippen molar-refractivity contribution >= 4 is 22.9 Å². The average Bonchev–Trinajstić information content (AvgIpc) is 2.79. The molecule has 0 spiro atoms. The van der Waals surface area contributed by atoms with Crippen molar-refractivity contribution < 1.29 is 14.3 Å². The number of hydrazone groups is 1. The Morgan fingerprint density at radius 3 is 2.65 bits per heavy atom. The molecule has 0 atom stereocenters. The Kier molecular flexibility index (Phi) is 7.37. The van der Waals surface area contributed by atoms with Gasteiger partial charge >= 0.3 is 0 Å². The van der Waals surface area contributed by atoms with Crippen LogP contribution in [0.3, 0.4) is 0 Å². The van der Waals surface area contributed by atoms with E-state index < -0.39 is 5.91 Å². The van der Waals surface area contributed by atoms with Gasteiger partial charge in [-0.05, 0) is 43.2 Å². The smallest absolute Gasteiger partial charge is 0.292 e. The quantitative estimate of drug-likeness (QED) is 0.421. The third kappa shape index (κ3) is 5.09. The van der Waals surface area contributed by atoms with Crippen molar-refractivity contribution in [2.45, 2.75) is 33.2 Å². The molecule has 3 aromatic rings. The van der Waals surface area contributed by atoms with Crippen LogP contribution in [0.25, 0.3) is 10.8 Å². The third-order valence-electron chi connectivity index (χ3n) is 4.67. The second-order valence-electron chi connectivity index (χ2n) is 6.82. The van der Waals surface area contributed by atoms with Crippen LogP contribution in [-0.2, 0) is 6.54 Å². The second kappa shape index (κ2) is 10.4. The molecule has 1 heterocycles. The Labute approximate surface area is 180 Å². The normalized spacial score (nSPS) is 11.1. The Bertz CT molecular complexity index is 1150. The van der Waals surface area contributed by atoms with E-state index in [-0.39, 0.29) is 11.3 Å². The molecular weight excluding hydrogens is 396 g/mol. The lowest BCUT2D eigenvalue weighted by Gasteiger charge is -2.10. The highest BCUT2D eigenvalue weighted by atomic mass is 16.5. The minimum Gasteiger partial charge on any atom is -0.493 e. The number of methoxy groups -OCH3 is 1. The molecule has 8 nitrogen and oxygen atoms in total. The van der Waals surface area contributed by atoms with Crippen molar-refractivity contribution in [3.63, 3.8) is 0 Å². The van der Waals surface area contributed by atoms with Gasteiger partial charge in [0.25, 0.3) is 11.5 Å². The number of nitrogens with one attached hydrogen (secondary N) is 1. The highest BCUT2D eigenvalue weighted by Crippen LogP contribution is 2.27. The zero-order valence-corrected chi connectivity index (χ0v) is 17.9. The van der Waals surface area contributed by atoms with Crippen LogP contribution in [0.2, 0.25) is 0 Å². The van der Waals surface area contributed by atoms with Gasteiger partial charge in [0, 0.05) is 11.9 Å². The van der Waals surface area contributed by atoms with Crippen LogP contribution >= 0.6 is 0 Å². The molecule has 31 heavy (non-hydrogen) atoms. The predicted octanol–water partition coefficient (Wildman–Crippen LogP) is 3.37. The van der Waals surface area contributed by atoms with Crippen molar-refractivity contribution in [2.75, 3.05) is 13.7 Å². The van der Waals surface area contributed by atoms with Crippen LogP contribution in [0.5, 0.6) is 11.5 Å². The van der Waals surface area contributed by atoms with Gasteiger partial charge in [-0.2, -0.15) is 10.2 Å². The lowest BCUT2D eigenvalue weighted by atomic mass is 10.1. The number of hydrogen-bond donors (Lipinski definition) is 1. The maximum atomic E-state index is 12.8. The summed E-state index contributed by atoms with van der Waals surface area (Å²) in [5, 5.41) is 9.31. The van der Waals surface area contributed by atoms with Gasteiger partial charge in [-0.25, -0.2) is 10.1 Å². The molecule has 1 amide bonds. The van der Waals surface area contributed by atoms with E-state index in [0.717, 1.165) is 18.4 Å². The van der Waals surface area contributed by atoms with E-state index >= 15 is 0 Å². The van der Waals surface area contributed by atoms with Crippen LogP contribution in [0.15, 0.2) is 52.4 Å². The fraction of sp³-hybridized carbons (Fsp3) is 0.304. The first-order chi connectivity index (χ1) is 15.1. The molecular formula is C23H26N4O4. The van der Waals surface area contributed by atoms with E-state index in [1.54, 1.807) is 49.6 Å². The standard InChI is InChI=1S/C23H26N4O4/c1-4-6-13-27-23(29)18-10-8-7-9-17(18)21(26-27)22(28)25-24-15-16-11-12-19(30-3)20(14-16)31-5-2/h7-12,14-15H,4-6,13H2,1-3H3,(H,25,28)/b24-15+. The Balaban J connectivity index is 1.86. The van der Waals surface area contributed by atoms with E-state index in [9.17, 15) is 9.59 Å². The molecule has 0 bridgehead atoms. The summed E-state index contributed by atoms with van der Waals surface area (Å²) in [4.78, 5) is 25.5. The van der Waals surface area contributed by atoms with Crippen LogP contribution in [0, 0.1) is 0 Å². The summed E-state index contributed by atoms with van der Waals surface area (Å²) in [6.07, 6.45) is 3.22. The molecule has 1 aromatic heterocycles. The number of carbonyl (C=O) groups excluding carboxylic acids is 1. The maximum Gasteiger partial charge on any atom is 0.292 e. The Hall–Kier alpha value is -3.68. The first kappa shape index (κ1) is 22.0. The zero-order valence-electron chi connectivity index (χ0n) is 17.9. The van der Waals surface area contributed by atoms with Crippen molar-refractivity contribution in [3.05, 3.63) is 64.1 Å². The molecule has 0 saturated heterocycles. The van der Waals surface area contributed by atoms with Crippen molar-refractivity contribution in [1.29, 1.82) is 0 Å². The maximum absolute atomic E-state index is 12.8. The van der Waals surface area contributed by atoms with Crippen LogP contribution < -0.4 is 20.5 Å². The monoisotopic (exact) mass is 422 g/mol. The van der Waals surface area contributed by atoms with Gasteiger partial charge in [-0.15, -0.1) is 0 Å². The molecule has 0 saturated carbocycles. The summed E-state index contributed by atoms with van der Waals surface area (Å²) in [6, 6.07) is 12.3. The summed E-state index contributed by atoms with van der Waals surface area (Å²) >= 11 is 0. The van der Waals surface area contributed by atoms with Gasteiger partial charge in [0.05, 0.1) is 25.3 Å². The van der Waals surface area contributed by atoms with Crippen molar-refractivity contribution in [3.8, 4) is 11.5 Å². The molecule has 0 fully saturated rings. The fourth-order valence-corrected chi connectivity index (χ4v) is 3.12. The molecule has 0 aliphatic heterocycles. The lowest BCUT2D eigenvalue weighted by Crippen LogP contribution is -2.29. The number of unbranched alkanes of at least 4 members (excludes halogenated alkanes) is 1. The van der Waals surface area contributed by atoms with Gasteiger partial charge in [0.15, 0.2) is 17.2 Å². The number of benzene rings is 2. The molecule has 162 valence electrons. The van der Waals surface area contributed by atoms with E-state index in [2.05, 4.69) is 15.6 Å². The minimum absolute atomic E-state index is 0.160. The van der Waals surface area contributed by atoms with E-state index in [1.807, 2.05) is 13.8 Å². The number of aromatic nitrogens is 2. The van der Waals surface area contributed by atoms with Gasteiger partial charge in [0.2, 0.25) is 0 Å². The fourth-order valence-electron chi connectivity index (χ4n) is 3.12. The number of ether oxygens (including phenoxy) is 2. The van der Waals surface area contributed by atoms with Gasteiger partial charge in [0.1, 0.15) is 0 Å². The first-order valence-corrected chi connectivity index (χ1v) is 10.2. The number of hydrogen-bond acceptors (Lipinski definition) is 6. The lowest BCUT2D eigenvalue weighted by molar-refractivity contribution is 0.0949. The van der Waals surface area contributed by atoms with E-state index in [1.165, 1.54) is 10.9 Å². The number of aryl methyl sites for hydroxylation is 1. The molecule has 8 heteroatoms. The molecule has 1 N–H and O–H groups in total. The van der Waals surface area contributed by atoms with Crippen LogP contribution in [0.4, 0.5) is 0 Å². The molecule has 0 aliphatic rings. The Morgan fingerprint density at radius 1 is 1.16 bits per heavy atom. The average molecular weight is 422 g/mol. The predicted molar refractivity (Wildman–Crippen MR) is 120 cm³/mol. The number of amides is 1. The highest BCUT2D eigenvalue weighted by molar-refractivity contribution is 6.05. The number of fused-ring (bicyclic) bond motifs is 1.